The Morgan fingerprint density at radius 2 is 1.89 bits per heavy atom. The molecule has 0 spiro atoms. The Morgan fingerprint density at radius 1 is 1.06 bits per heavy atom. The van der Waals surface area contributed by atoms with Crippen LogP contribution in [0.15, 0.2) is 54.6 Å². The molecule has 0 radical (unpaired) electrons. The van der Waals surface area contributed by atoms with Gasteiger partial charge in [0, 0.05) is 6.54 Å². The second-order valence-corrected chi connectivity index (χ2v) is 9.57. The van der Waals surface area contributed by atoms with Crippen LogP contribution in [0.25, 0.3) is 0 Å². The molecule has 3 aromatic rings. The zero-order valence-electron chi connectivity index (χ0n) is 19.4. The summed E-state index contributed by atoms with van der Waals surface area (Å²) in [5.74, 6) is 1.89. The number of carbonyl (C=O) groups excluding carboxylic acids is 1. The minimum Gasteiger partial charge on any atom is -0.489 e. The average molecular weight is 514 g/mol. The summed E-state index contributed by atoms with van der Waals surface area (Å²) in [5.41, 5.74) is 4.09. The Hall–Kier alpha value is -2.93. The molecule has 0 aromatic heterocycles. The number of hydrogen-bond donors (Lipinski definition) is 0. The smallest absolute Gasteiger partial charge is 0.323 e. The fourth-order valence-electron chi connectivity index (χ4n) is 4.45. The Labute approximate surface area is 214 Å². The van der Waals surface area contributed by atoms with Gasteiger partial charge in [-0.05, 0) is 72.1 Å². The number of fused-ring (bicyclic) bond motifs is 2. The van der Waals surface area contributed by atoms with E-state index in [1.807, 2.05) is 54.4 Å². The van der Waals surface area contributed by atoms with Crippen molar-refractivity contribution in [3.8, 4) is 17.2 Å². The molecular formula is C27H25Cl2NO5. The van der Waals surface area contributed by atoms with Crippen molar-refractivity contribution >= 4 is 29.2 Å². The third-order valence-electron chi connectivity index (χ3n) is 6.38. The number of methoxy groups -OCH3 is 1. The van der Waals surface area contributed by atoms with Crippen LogP contribution in [0, 0.1) is 0 Å². The van der Waals surface area contributed by atoms with Crippen LogP contribution in [0.2, 0.25) is 10.0 Å². The summed E-state index contributed by atoms with van der Waals surface area (Å²) in [6, 6.07) is 17.0. The lowest BCUT2D eigenvalue weighted by Gasteiger charge is -2.34. The maximum absolute atomic E-state index is 12.1. The Kier molecular flexibility index (Phi) is 6.78. The van der Waals surface area contributed by atoms with Crippen LogP contribution in [0.5, 0.6) is 17.2 Å². The van der Waals surface area contributed by atoms with E-state index in [-0.39, 0.29) is 18.1 Å². The molecule has 3 aromatic carbocycles. The molecule has 0 saturated carbocycles. The molecule has 0 N–H and O–H groups in total. The highest BCUT2D eigenvalue weighted by molar-refractivity contribution is 6.42. The van der Waals surface area contributed by atoms with Gasteiger partial charge in [0.05, 0.1) is 17.2 Å². The second-order valence-electron chi connectivity index (χ2n) is 8.75. The van der Waals surface area contributed by atoms with E-state index in [1.54, 1.807) is 12.1 Å². The maximum Gasteiger partial charge on any atom is 0.323 e. The van der Waals surface area contributed by atoms with Crippen LogP contribution >= 0.6 is 23.2 Å². The lowest BCUT2D eigenvalue weighted by molar-refractivity contribution is -0.147. The molecule has 2 heterocycles. The first kappa shape index (κ1) is 23.8. The number of carbonyl (C=O) groups is 1. The van der Waals surface area contributed by atoms with Crippen LogP contribution in [-0.2, 0) is 29.1 Å². The van der Waals surface area contributed by atoms with E-state index in [4.69, 9.17) is 42.1 Å². The number of benzene rings is 3. The lowest BCUT2D eigenvalue weighted by Crippen LogP contribution is -2.43. The van der Waals surface area contributed by atoms with Gasteiger partial charge in [0.2, 0.25) is 0 Å². The number of likely N-dealkylation sites (N-methyl/N-ethyl adjacent to an activating group) is 1. The van der Waals surface area contributed by atoms with Gasteiger partial charge >= 0.3 is 5.97 Å². The number of ether oxygens (including phenoxy) is 4. The van der Waals surface area contributed by atoms with Crippen molar-refractivity contribution in [1.82, 2.24) is 4.90 Å². The highest BCUT2D eigenvalue weighted by Gasteiger charge is 2.32. The molecule has 35 heavy (non-hydrogen) atoms. The predicted molar refractivity (Wildman–Crippen MR) is 134 cm³/mol. The molecule has 2 unspecified atom stereocenters. The molecule has 2 aliphatic heterocycles. The predicted octanol–water partition coefficient (Wildman–Crippen LogP) is 5.61. The molecule has 5 rings (SSSR count). The summed E-state index contributed by atoms with van der Waals surface area (Å²) in [6.45, 7) is 1.38. The highest BCUT2D eigenvalue weighted by Crippen LogP contribution is 2.41. The zero-order valence-corrected chi connectivity index (χ0v) is 20.9. The van der Waals surface area contributed by atoms with Crippen LogP contribution < -0.4 is 14.2 Å². The molecule has 0 bridgehead atoms. The summed E-state index contributed by atoms with van der Waals surface area (Å²) in [6.07, 6.45) is 0.315. The standard InChI is InChI=1S/C27H25Cl2NO5/c1-30-13-19-12-25-24(11-18(19)10-23(30)27(31)32-2)34-15-26(35-25)17-4-3-5-20(9-17)33-14-16-6-7-21(28)22(29)8-16/h3-9,11-12,23,26H,10,13-15H2,1-2H3. The van der Waals surface area contributed by atoms with Gasteiger partial charge in [-0.15, -0.1) is 0 Å². The van der Waals surface area contributed by atoms with Gasteiger partial charge in [-0.25, -0.2) is 0 Å². The minimum absolute atomic E-state index is 0.227. The largest absolute Gasteiger partial charge is 0.489 e. The van der Waals surface area contributed by atoms with Gasteiger partial charge in [0.1, 0.15) is 25.0 Å². The van der Waals surface area contributed by atoms with Gasteiger partial charge < -0.3 is 18.9 Å². The van der Waals surface area contributed by atoms with Crippen molar-refractivity contribution in [3.05, 3.63) is 86.9 Å². The molecule has 0 aliphatic carbocycles. The quantitative estimate of drug-likeness (QED) is 0.413. The van der Waals surface area contributed by atoms with Crippen LogP contribution in [0.3, 0.4) is 0 Å². The van der Waals surface area contributed by atoms with Crippen molar-refractivity contribution < 1.29 is 23.7 Å². The molecule has 0 amide bonds. The summed E-state index contributed by atoms with van der Waals surface area (Å²) in [4.78, 5) is 14.1. The highest BCUT2D eigenvalue weighted by atomic mass is 35.5. The van der Waals surface area contributed by atoms with E-state index in [2.05, 4.69) is 0 Å². The molecule has 0 fully saturated rings. The second kappa shape index (κ2) is 9.97. The monoisotopic (exact) mass is 513 g/mol. The minimum atomic E-state index is -0.297. The van der Waals surface area contributed by atoms with Crippen molar-refractivity contribution in [2.24, 2.45) is 0 Å². The Morgan fingerprint density at radius 3 is 2.69 bits per heavy atom. The van der Waals surface area contributed by atoms with Crippen molar-refractivity contribution in [1.29, 1.82) is 0 Å². The van der Waals surface area contributed by atoms with Gasteiger partial charge in [-0.3, -0.25) is 9.69 Å². The third kappa shape index (κ3) is 5.06. The fraction of sp³-hybridized carbons (Fsp3) is 0.296. The van der Waals surface area contributed by atoms with Gasteiger partial charge in [0.15, 0.2) is 17.6 Å². The molecular weight excluding hydrogens is 489 g/mol. The molecule has 182 valence electrons. The summed E-state index contributed by atoms with van der Waals surface area (Å²) in [5, 5.41) is 1.02. The van der Waals surface area contributed by atoms with Gasteiger partial charge in [0.25, 0.3) is 0 Å². The SMILES string of the molecule is COC(=O)C1Cc2cc3c(cc2CN1C)OC(c1cccc(OCc2ccc(Cl)c(Cl)c2)c1)CO3. The van der Waals surface area contributed by atoms with Crippen LogP contribution in [0.4, 0.5) is 0 Å². The summed E-state index contributed by atoms with van der Waals surface area (Å²) in [7, 11) is 3.34. The van der Waals surface area contributed by atoms with E-state index >= 15 is 0 Å². The fourth-order valence-corrected chi connectivity index (χ4v) is 4.77. The Bertz CT molecular complexity index is 1260. The van der Waals surface area contributed by atoms with Crippen LogP contribution in [0.1, 0.15) is 28.4 Å². The van der Waals surface area contributed by atoms with Crippen molar-refractivity contribution in [2.75, 3.05) is 20.8 Å². The summed E-state index contributed by atoms with van der Waals surface area (Å²) >= 11 is 12.1. The number of nitrogens with zero attached hydrogens (tertiary/aromatic N) is 1. The number of rotatable bonds is 5. The first-order valence-corrected chi connectivity index (χ1v) is 12.1. The van der Waals surface area contributed by atoms with E-state index < -0.39 is 0 Å². The molecule has 6 nitrogen and oxygen atoms in total. The van der Waals surface area contributed by atoms with E-state index in [9.17, 15) is 4.79 Å². The van der Waals surface area contributed by atoms with Crippen LogP contribution in [-0.4, -0.2) is 37.7 Å². The van der Waals surface area contributed by atoms with E-state index in [0.29, 0.717) is 47.7 Å². The van der Waals surface area contributed by atoms with E-state index in [1.165, 1.54) is 7.11 Å². The number of halogens is 2. The number of esters is 1. The third-order valence-corrected chi connectivity index (χ3v) is 7.12. The molecule has 8 heteroatoms. The van der Waals surface area contributed by atoms with Crippen molar-refractivity contribution in [2.45, 2.75) is 31.7 Å². The molecule has 2 aliphatic rings. The maximum atomic E-state index is 12.1. The molecule has 2 atom stereocenters. The Balaban J connectivity index is 1.29. The topological polar surface area (TPSA) is 57.2 Å². The lowest BCUT2D eigenvalue weighted by atomic mass is 9.93. The average Bonchev–Trinajstić information content (AvgIpc) is 2.87. The molecule has 0 saturated heterocycles. The first-order chi connectivity index (χ1) is 16.9. The van der Waals surface area contributed by atoms with Gasteiger partial charge in [-0.1, -0.05) is 41.4 Å². The zero-order chi connectivity index (χ0) is 24.5. The summed E-state index contributed by atoms with van der Waals surface area (Å²) < 4.78 is 23.3. The van der Waals surface area contributed by atoms with Gasteiger partial charge in [-0.2, -0.15) is 0 Å². The van der Waals surface area contributed by atoms with E-state index in [0.717, 1.165) is 28.0 Å². The van der Waals surface area contributed by atoms with Crippen molar-refractivity contribution in [3.63, 3.8) is 0 Å². The number of hydrogen-bond acceptors (Lipinski definition) is 6. The first-order valence-electron chi connectivity index (χ1n) is 11.3. The normalized spacial score (nSPS) is 19.1.